The van der Waals surface area contributed by atoms with E-state index in [4.69, 9.17) is 10.6 Å². The van der Waals surface area contributed by atoms with E-state index < -0.39 is 18.5 Å². The van der Waals surface area contributed by atoms with Crippen LogP contribution in [0.2, 0.25) is 0 Å². The first kappa shape index (κ1) is 8.89. The van der Waals surface area contributed by atoms with Crippen LogP contribution < -0.4 is 5.90 Å². The van der Waals surface area contributed by atoms with E-state index in [0.717, 1.165) is 0 Å². The molecule has 0 aromatic carbocycles. The predicted molar refractivity (Wildman–Crippen MR) is 36.2 cm³/mol. The fourth-order valence-corrected chi connectivity index (χ4v) is 1.14. The van der Waals surface area contributed by atoms with Gasteiger partial charge in [-0.25, -0.2) is 5.90 Å². The van der Waals surface area contributed by atoms with Crippen LogP contribution in [0.3, 0.4) is 0 Å². The molecule has 0 amide bonds. The lowest BCUT2D eigenvalue weighted by molar-refractivity contribution is -0.265. The van der Waals surface area contributed by atoms with Crippen molar-refractivity contribution in [3.8, 4) is 0 Å². The molecule has 1 fully saturated rings. The van der Waals surface area contributed by atoms with Crippen LogP contribution in [-0.4, -0.2) is 34.8 Å². The van der Waals surface area contributed by atoms with Gasteiger partial charge < -0.3 is 14.9 Å². The van der Waals surface area contributed by atoms with Gasteiger partial charge in [0.05, 0.1) is 12.2 Å². The van der Waals surface area contributed by atoms with Gasteiger partial charge >= 0.3 is 0 Å². The minimum Gasteiger partial charge on any atom is -0.390 e. The van der Waals surface area contributed by atoms with Gasteiger partial charge in [0.25, 0.3) is 0 Å². The van der Waals surface area contributed by atoms with E-state index in [-0.39, 0.29) is 6.10 Å². The normalized spacial score (nSPS) is 45.8. The Hall–Kier alpha value is -0.200. The number of ether oxygens (including phenoxy) is 1. The molecule has 66 valence electrons. The van der Waals surface area contributed by atoms with Gasteiger partial charge in [0, 0.05) is 6.42 Å². The van der Waals surface area contributed by atoms with Gasteiger partial charge in [-0.05, 0) is 6.92 Å². The second-order valence-electron chi connectivity index (χ2n) is 2.74. The maximum absolute atomic E-state index is 9.18. The van der Waals surface area contributed by atoms with Crippen molar-refractivity contribution in [2.24, 2.45) is 5.90 Å². The molecule has 5 nitrogen and oxygen atoms in total. The standard InChI is InChI=1S/C6H13NO4/c1-3-2-4(8)5(9)6(10-3)11-7/h3-6,8-9H,2,7H2,1H3/t3-,4+,5-,6-/m1/s1. The van der Waals surface area contributed by atoms with Crippen molar-refractivity contribution in [2.45, 2.75) is 37.9 Å². The Morgan fingerprint density at radius 1 is 1.55 bits per heavy atom. The molecule has 1 aliphatic rings. The molecule has 1 saturated heterocycles. The maximum Gasteiger partial charge on any atom is 0.205 e. The Balaban J connectivity index is 2.51. The summed E-state index contributed by atoms with van der Waals surface area (Å²) in [4.78, 5) is 4.31. The molecule has 1 aliphatic heterocycles. The van der Waals surface area contributed by atoms with E-state index in [0.29, 0.717) is 6.42 Å². The summed E-state index contributed by atoms with van der Waals surface area (Å²) in [6.07, 6.45) is -2.50. The Labute approximate surface area is 64.7 Å². The van der Waals surface area contributed by atoms with Crippen molar-refractivity contribution in [2.75, 3.05) is 0 Å². The van der Waals surface area contributed by atoms with E-state index in [1.807, 2.05) is 0 Å². The quantitative estimate of drug-likeness (QED) is 0.420. The van der Waals surface area contributed by atoms with Gasteiger partial charge in [0.15, 0.2) is 0 Å². The molecule has 0 aliphatic carbocycles. The molecule has 0 saturated carbocycles. The van der Waals surface area contributed by atoms with Crippen LogP contribution in [0.4, 0.5) is 0 Å². The third-order valence-electron chi connectivity index (χ3n) is 1.75. The van der Waals surface area contributed by atoms with Crippen molar-refractivity contribution < 1.29 is 19.8 Å². The molecule has 0 spiro atoms. The zero-order valence-electron chi connectivity index (χ0n) is 6.30. The van der Waals surface area contributed by atoms with Gasteiger partial charge in [-0.2, -0.15) is 0 Å². The second kappa shape index (κ2) is 3.46. The van der Waals surface area contributed by atoms with E-state index in [9.17, 15) is 10.2 Å². The monoisotopic (exact) mass is 163 g/mol. The smallest absolute Gasteiger partial charge is 0.205 e. The van der Waals surface area contributed by atoms with Gasteiger partial charge in [-0.1, -0.05) is 0 Å². The summed E-state index contributed by atoms with van der Waals surface area (Å²) < 4.78 is 5.06. The Kier molecular flexibility index (Phi) is 2.80. The van der Waals surface area contributed by atoms with Crippen LogP contribution >= 0.6 is 0 Å². The summed E-state index contributed by atoms with van der Waals surface area (Å²) in [6.45, 7) is 1.78. The molecule has 0 radical (unpaired) electrons. The number of hydrogen-bond acceptors (Lipinski definition) is 5. The molecule has 0 aromatic heterocycles. The average molecular weight is 163 g/mol. The summed E-state index contributed by atoms with van der Waals surface area (Å²) in [6, 6.07) is 0. The van der Waals surface area contributed by atoms with E-state index >= 15 is 0 Å². The van der Waals surface area contributed by atoms with Gasteiger partial charge in [-0.15, -0.1) is 0 Å². The highest BCUT2D eigenvalue weighted by Gasteiger charge is 2.35. The highest BCUT2D eigenvalue weighted by molar-refractivity contribution is 4.78. The van der Waals surface area contributed by atoms with Crippen LogP contribution in [0.25, 0.3) is 0 Å². The van der Waals surface area contributed by atoms with Gasteiger partial charge in [0.2, 0.25) is 6.29 Å². The van der Waals surface area contributed by atoms with Gasteiger partial charge in [-0.3, -0.25) is 4.84 Å². The average Bonchev–Trinajstić information content (AvgIpc) is 1.96. The van der Waals surface area contributed by atoms with Crippen molar-refractivity contribution in [1.29, 1.82) is 0 Å². The van der Waals surface area contributed by atoms with Crippen molar-refractivity contribution in [3.05, 3.63) is 0 Å². The first-order valence-electron chi connectivity index (χ1n) is 3.52. The fourth-order valence-electron chi connectivity index (χ4n) is 1.14. The zero-order chi connectivity index (χ0) is 8.43. The summed E-state index contributed by atoms with van der Waals surface area (Å²) in [5, 5.41) is 18.4. The topological polar surface area (TPSA) is 84.9 Å². The summed E-state index contributed by atoms with van der Waals surface area (Å²) in [5.41, 5.74) is 0. The number of hydrogen-bond donors (Lipinski definition) is 3. The Bertz CT molecular complexity index is 132. The Morgan fingerprint density at radius 2 is 2.18 bits per heavy atom. The van der Waals surface area contributed by atoms with E-state index in [2.05, 4.69) is 4.84 Å². The van der Waals surface area contributed by atoms with E-state index in [1.54, 1.807) is 6.92 Å². The first-order valence-corrected chi connectivity index (χ1v) is 3.52. The van der Waals surface area contributed by atoms with Crippen LogP contribution in [0.5, 0.6) is 0 Å². The zero-order valence-corrected chi connectivity index (χ0v) is 6.30. The lowest BCUT2D eigenvalue weighted by Crippen LogP contribution is -2.49. The number of aliphatic hydroxyl groups excluding tert-OH is 2. The lowest BCUT2D eigenvalue weighted by atomic mass is 10.0. The number of rotatable bonds is 1. The largest absolute Gasteiger partial charge is 0.390 e. The third kappa shape index (κ3) is 1.88. The summed E-state index contributed by atoms with van der Waals surface area (Å²) >= 11 is 0. The SMILES string of the molecule is C[C@@H]1C[C@H](O)[C@@H](O)[C@@H](ON)O1. The summed E-state index contributed by atoms with van der Waals surface area (Å²) in [5.74, 6) is 4.82. The van der Waals surface area contributed by atoms with Crippen molar-refractivity contribution in [3.63, 3.8) is 0 Å². The highest BCUT2D eigenvalue weighted by atomic mass is 16.8. The predicted octanol–water partition coefficient (Wildman–Crippen LogP) is -1.27. The molecule has 0 bridgehead atoms. The van der Waals surface area contributed by atoms with Crippen molar-refractivity contribution in [1.82, 2.24) is 0 Å². The molecule has 5 heteroatoms. The molecule has 4 N–H and O–H groups in total. The lowest BCUT2D eigenvalue weighted by Gasteiger charge is -2.33. The molecular weight excluding hydrogens is 150 g/mol. The van der Waals surface area contributed by atoms with Crippen molar-refractivity contribution >= 4 is 0 Å². The molecule has 0 aromatic rings. The summed E-state index contributed by atoms with van der Waals surface area (Å²) in [7, 11) is 0. The van der Waals surface area contributed by atoms with Crippen LogP contribution in [0, 0.1) is 0 Å². The van der Waals surface area contributed by atoms with Gasteiger partial charge in [0.1, 0.15) is 6.10 Å². The maximum atomic E-state index is 9.18. The fraction of sp³-hybridized carbons (Fsp3) is 1.00. The third-order valence-corrected chi connectivity index (χ3v) is 1.75. The minimum absolute atomic E-state index is 0.137. The van der Waals surface area contributed by atoms with Crippen LogP contribution in [0.15, 0.2) is 0 Å². The number of aliphatic hydroxyl groups is 2. The highest BCUT2D eigenvalue weighted by Crippen LogP contribution is 2.19. The first-order chi connectivity index (χ1) is 5.15. The molecular formula is C6H13NO4. The molecule has 11 heavy (non-hydrogen) atoms. The van der Waals surface area contributed by atoms with E-state index in [1.165, 1.54) is 0 Å². The molecule has 4 atom stereocenters. The Morgan fingerprint density at radius 3 is 2.73 bits per heavy atom. The number of nitrogens with two attached hydrogens (primary N) is 1. The minimum atomic E-state index is -1.05. The molecule has 1 rings (SSSR count). The molecule has 0 unspecified atom stereocenters. The van der Waals surface area contributed by atoms with Crippen LogP contribution in [-0.2, 0) is 9.57 Å². The molecule has 1 heterocycles. The van der Waals surface area contributed by atoms with Crippen LogP contribution in [0.1, 0.15) is 13.3 Å². The second-order valence-corrected chi connectivity index (χ2v) is 2.74.